The molecule has 3 aromatic rings. The third kappa shape index (κ3) is 4.53. The number of para-hydroxylation sites is 1. The third-order valence-corrected chi connectivity index (χ3v) is 8.12. The molecule has 1 fully saturated rings. The van der Waals surface area contributed by atoms with Crippen molar-refractivity contribution in [2.45, 2.75) is 18.4 Å². The Morgan fingerprint density at radius 2 is 1.80 bits per heavy atom. The van der Waals surface area contributed by atoms with Gasteiger partial charge in [0.1, 0.15) is 4.91 Å². The Hall–Kier alpha value is -3.67. The summed E-state index contributed by atoms with van der Waals surface area (Å²) >= 11 is 2.99. The maximum atomic E-state index is 13.8. The van der Waals surface area contributed by atoms with E-state index in [-0.39, 0.29) is 5.91 Å². The van der Waals surface area contributed by atoms with E-state index >= 15 is 0 Å². The summed E-state index contributed by atoms with van der Waals surface area (Å²) in [5.74, 6) is -0.0683. The third-order valence-electron chi connectivity index (χ3n) is 5.69. The van der Waals surface area contributed by atoms with Crippen LogP contribution in [0.2, 0.25) is 0 Å². The molecule has 0 unspecified atom stereocenters. The zero-order chi connectivity index (χ0) is 24.4. The first-order chi connectivity index (χ1) is 17.1. The normalized spacial score (nSPS) is 18.2. The Morgan fingerprint density at radius 3 is 2.54 bits per heavy atom. The Kier molecular flexibility index (Phi) is 6.53. The molecule has 1 saturated heterocycles. The fourth-order valence-electron chi connectivity index (χ4n) is 3.96. The first-order valence-electron chi connectivity index (χ1n) is 11.2. The number of rotatable bonds is 5. The van der Waals surface area contributed by atoms with E-state index in [1.165, 1.54) is 11.8 Å². The van der Waals surface area contributed by atoms with Gasteiger partial charge in [0, 0.05) is 18.5 Å². The molecule has 5 rings (SSSR count). The van der Waals surface area contributed by atoms with Crippen molar-refractivity contribution in [3.05, 3.63) is 93.9 Å². The summed E-state index contributed by atoms with van der Waals surface area (Å²) in [7, 11) is 1.99. The van der Waals surface area contributed by atoms with Crippen LogP contribution >= 0.6 is 23.5 Å². The van der Waals surface area contributed by atoms with E-state index in [1.807, 2.05) is 62.5 Å². The molecule has 174 valence electrons. The summed E-state index contributed by atoms with van der Waals surface area (Å²) in [6.07, 6.45) is 0. The fraction of sp³-hybridized carbons (Fsp3) is 0.148. The molecule has 0 saturated carbocycles. The summed E-state index contributed by atoms with van der Waals surface area (Å²) in [4.78, 5) is 24.3. The van der Waals surface area contributed by atoms with Crippen LogP contribution in [0.4, 0.5) is 17.1 Å². The van der Waals surface area contributed by atoms with Crippen molar-refractivity contribution in [3.63, 3.8) is 0 Å². The van der Waals surface area contributed by atoms with E-state index in [1.54, 1.807) is 28.8 Å². The fourth-order valence-corrected chi connectivity index (χ4v) is 6.30. The first kappa shape index (κ1) is 23.1. The molecule has 2 aliphatic rings. The number of carbonyl (C=O) groups excluding carboxylic acids is 1. The van der Waals surface area contributed by atoms with Gasteiger partial charge in [0.05, 0.1) is 40.3 Å². The van der Waals surface area contributed by atoms with Gasteiger partial charge in [-0.15, -0.1) is 0 Å². The molecule has 6 nitrogen and oxygen atoms in total. The van der Waals surface area contributed by atoms with Gasteiger partial charge in [-0.25, -0.2) is 4.99 Å². The number of amides is 1. The monoisotopic (exact) mass is 497 g/mol. The van der Waals surface area contributed by atoms with Gasteiger partial charge in [0.2, 0.25) is 0 Å². The second kappa shape index (κ2) is 9.90. The minimum Gasteiger partial charge on any atom is -0.384 e. The number of carbonyl (C=O) groups is 1. The zero-order valence-electron chi connectivity index (χ0n) is 19.4. The number of nitrogens with one attached hydrogen (secondary N) is 1. The summed E-state index contributed by atoms with van der Waals surface area (Å²) in [5.41, 5.74) is 4.10. The average Bonchev–Trinajstić information content (AvgIpc) is 3.37. The minimum absolute atomic E-state index is 0.0683. The number of fused-ring (bicyclic) bond motifs is 1. The van der Waals surface area contributed by atoms with Gasteiger partial charge in [-0.2, -0.15) is 5.26 Å². The van der Waals surface area contributed by atoms with E-state index in [9.17, 15) is 10.1 Å². The Bertz CT molecular complexity index is 1390. The molecule has 2 aliphatic heterocycles. The summed E-state index contributed by atoms with van der Waals surface area (Å²) in [6, 6.07) is 25.6. The van der Waals surface area contributed by atoms with Crippen LogP contribution in [-0.2, 0) is 11.3 Å². The van der Waals surface area contributed by atoms with Crippen LogP contribution < -0.4 is 10.2 Å². The zero-order valence-corrected chi connectivity index (χ0v) is 21.0. The van der Waals surface area contributed by atoms with Crippen molar-refractivity contribution in [2.75, 3.05) is 23.8 Å². The number of nitriles is 1. The molecule has 0 atom stereocenters. The quantitative estimate of drug-likeness (QED) is 0.426. The van der Waals surface area contributed by atoms with Gasteiger partial charge >= 0.3 is 0 Å². The largest absolute Gasteiger partial charge is 0.384 e. The number of anilines is 2. The van der Waals surface area contributed by atoms with Crippen LogP contribution in [0.25, 0.3) is 0 Å². The number of hydrogen-bond acceptors (Lipinski definition) is 7. The number of hydrogen-bond donors (Lipinski definition) is 1. The molecule has 3 aromatic carbocycles. The maximum absolute atomic E-state index is 13.8. The van der Waals surface area contributed by atoms with Crippen LogP contribution in [0.1, 0.15) is 18.1 Å². The molecular formula is C27H23N5OS2. The number of amidine groups is 1. The van der Waals surface area contributed by atoms with Gasteiger partial charge in [0.15, 0.2) is 5.17 Å². The van der Waals surface area contributed by atoms with Gasteiger partial charge in [-0.05, 0) is 54.6 Å². The van der Waals surface area contributed by atoms with Gasteiger partial charge in [0.25, 0.3) is 5.91 Å². The van der Waals surface area contributed by atoms with E-state index in [2.05, 4.69) is 28.4 Å². The van der Waals surface area contributed by atoms with Crippen molar-refractivity contribution >= 4 is 51.7 Å². The van der Waals surface area contributed by atoms with E-state index in [0.29, 0.717) is 27.9 Å². The van der Waals surface area contributed by atoms with Gasteiger partial charge in [-0.3, -0.25) is 9.69 Å². The van der Waals surface area contributed by atoms with Crippen LogP contribution in [0.15, 0.2) is 92.6 Å². The van der Waals surface area contributed by atoms with E-state index < -0.39 is 0 Å². The first-order valence-corrected chi connectivity index (χ1v) is 12.9. The molecule has 1 N–H and O–H groups in total. The highest BCUT2D eigenvalue weighted by atomic mass is 32.2. The highest BCUT2D eigenvalue weighted by Crippen LogP contribution is 2.50. The van der Waals surface area contributed by atoms with Crippen molar-refractivity contribution in [1.29, 1.82) is 5.26 Å². The molecule has 0 aromatic heterocycles. The molecule has 2 heterocycles. The van der Waals surface area contributed by atoms with Crippen molar-refractivity contribution < 1.29 is 4.79 Å². The predicted octanol–water partition coefficient (Wildman–Crippen LogP) is 6.16. The molecule has 8 heteroatoms. The van der Waals surface area contributed by atoms with Crippen LogP contribution in [0.3, 0.4) is 0 Å². The van der Waals surface area contributed by atoms with Crippen molar-refractivity contribution in [3.8, 4) is 6.07 Å². The summed E-state index contributed by atoms with van der Waals surface area (Å²) < 4.78 is 0. The lowest BCUT2D eigenvalue weighted by molar-refractivity contribution is -0.122. The molecule has 0 radical (unpaired) electrons. The predicted molar refractivity (Wildman–Crippen MR) is 145 cm³/mol. The lowest BCUT2D eigenvalue weighted by Gasteiger charge is -2.17. The van der Waals surface area contributed by atoms with E-state index in [0.717, 1.165) is 33.4 Å². The van der Waals surface area contributed by atoms with Gasteiger partial charge < -0.3 is 10.2 Å². The van der Waals surface area contributed by atoms with Crippen LogP contribution in [0, 0.1) is 11.3 Å². The lowest BCUT2D eigenvalue weighted by Crippen LogP contribution is -2.29. The highest BCUT2D eigenvalue weighted by molar-refractivity contribution is 8.19. The molecule has 0 aliphatic carbocycles. The van der Waals surface area contributed by atoms with E-state index in [4.69, 9.17) is 4.99 Å². The standard InChI is InChI=1S/C27H23N5OS2/c1-3-29-20-14-13-19(16-28)15-21(20)30-27-32(17-18-9-5-4-6-10-18)25(33)24(35-27)26-31(2)22-11-7-8-12-23(22)34-26/h4-15,29H,3,17H2,1-2H3/b26-24-,30-27-. The van der Waals surface area contributed by atoms with Crippen molar-refractivity contribution in [1.82, 2.24) is 4.90 Å². The molecule has 0 bridgehead atoms. The van der Waals surface area contributed by atoms with Crippen LogP contribution in [0.5, 0.6) is 0 Å². The summed E-state index contributed by atoms with van der Waals surface area (Å²) in [5, 5.41) is 14.2. The second-order valence-corrected chi connectivity index (χ2v) is 10.0. The lowest BCUT2D eigenvalue weighted by atomic mass is 10.2. The summed E-state index contributed by atoms with van der Waals surface area (Å²) in [6.45, 7) is 3.15. The number of benzene rings is 3. The molecule has 35 heavy (non-hydrogen) atoms. The average molecular weight is 498 g/mol. The minimum atomic E-state index is -0.0683. The topological polar surface area (TPSA) is 71.7 Å². The Balaban J connectivity index is 1.59. The highest BCUT2D eigenvalue weighted by Gasteiger charge is 2.39. The Morgan fingerprint density at radius 1 is 1.03 bits per heavy atom. The number of thioether (sulfide) groups is 2. The van der Waals surface area contributed by atoms with Crippen LogP contribution in [-0.4, -0.2) is 29.6 Å². The number of nitrogens with zero attached hydrogens (tertiary/aromatic N) is 4. The molecular weight excluding hydrogens is 474 g/mol. The second-order valence-electron chi connectivity index (χ2n) is 8.01. The Labute approximate surface area is 213 Å². The smallest absolute Gasteiger partial charge is 0.269 e. The molecule has 1 amide bonds. The van der Waals surface area contributed by atoms with Crippen molar-refractivity contribution in [2.24, 2.45) is 4.99 Å². The SMILES string of the molecule is CCNc1ccc(C#N)cc1/N=C1\S/C(=C2\Sc3ccccc3N2C)C(=O)N1Cc1ccccc1. The maximum Gasteiger partial charge on any atom is 0.269 e. The number of aliphatic imine (C=N–C) groups is 1. The van der Waals surface area contributed by atoms with Gasteiger partial charge in [-0.1, -0.05) is 54.2 Å². The molecule has 0 spiro atoms.